The number of nitrogens with two attached hydrogens (primary N) is 1. The third-order valence-corrected chi connectivity index (χ3v) is 3.99. The number of nitrogens with zero attached hydrogens (tertiary/aromatic N) is 1. The summed E-state index contributed by atoms with van der Waals surface area (Å²) >= 11 is 13.4. The van der Waals surface area contributed by atoms with E-state index in [4.69, 9.17) is 28.9 Å². The molecular weight excluding hydrogens is 291 g/mol. The zero-order valence-corrected chi connectivity index (χ0v) is 11.6. The van der Waals surface area contributed by atoms with Gasteiger partial charge in [0.2, 0.25) is 0 Å². The van der Waals surface area contributed by atoms with E-state index in [9.17, 15) is 4.79 Å². The van der Waals surface area contributed by atoms with Gasteiger partial charge < -0.3 is 5.73 Å². The fourth-order valence-corrected chi connectivity index (χ4v) is 2.79. The summed E-state index contributed by atoms with van der Waals surface area (Å²) < 4.78 is 0. The lowest BCUT2D eigenvalue weighted by molar-refractivity contribution is 0.253. The number of halogens is 2. The SMILES string of the molecule is NC(=O)N(Cc1sccc1Cl)c1cccc(Cl)c1. The number of carbonyl (C=O) groups is 1. The number of urea groups is 1. The van der Waals surface area contributed by atoms with Crippen molar-refractivity contribution in [2.45, 2.75) is 6.54 Å². The topological polar surface area (TPSA) is 46.3 Å². The van der Waals surface area contributed by atoms with Crippen LogP contribution in [-0.2, 0) is 6.54 Å². The first kappa shape index (κ1) is 13.2. The van der Waals surface area contributed by atoms with Crippen LogP contribution in [-0.4, -0.2) is 6.03 Å². The largest absolute Gasteiger partial charge is 0.351 e. The molecule has 0 fully saturated rings. The van der Waals surface area contributed by atoms with Crippen LogP contribution in [0.15, 0.2) is 35.7 Å². The van der Waals surface area contributed by atoms with Crippen LogP contribution >= 0.6 is 34.5 Å². The van der Waals surface area contributed by atoms with E-state index in [0.29, 0.717) is 22.3 Å². The van der Waals surface area contributed by atoms with E-state index in [2.05, 4.69) is 0 Å². The van der Waals surface area contributed by atoms with E-state index in [1.165, 1.54) is 16.2 Å². The quantitative estimate of drug-likeness (QED) is 0.910. The Morgan fingerprint density at radius 2 is 2.11 bits per heavy atom. The average Bonchev–Trinajstić information content (AvgIpc) is 2.71. The molecule has 0 spiro atoms. The Labute approximate surface area is 119 Å². The Hall–Kier alpha value is -1.23. The van der Waals surface area contributed by atoms with Gasteiger partial charge in [-0.15, -0.1) is 11.3 Å². The van der Waals surface area contributed by atoms with Gasteiger partial charge in [0.1, 0.15) is 0 Å². The highest BCUT2D eigenvalue weighted by atomic mass is 35.5. The highest BCUT2D eigenvalue weighted by Crippen LogP contribution is 2.27. The Morgan fingerprint density at radius 1 is 1.33 bits per heavy atom. The Kier molecular flexibility index (Phi) is 4.11. The molecule has 0 aliphatic rings. The number of hydrogen-bond acceptors (Lipinski definition) is 2. The Bertz CT molecular complexity index is 571. The van der Waals surface area contributed by atoms with Crippen LogP contribution in [0.25, 0.3) is 0 Å². The lowest BCUT2D eigenvalue weighted by atomic mass is 10.3. The van der Waals surface area contributed by atoms with Crippen LogP contribution in [0.5, 0.6) is 0 Å². The van der Waals surface area contributed by atoms with Crippen molar-refractivity contribution in [1.29, 1.82) is 0 Å². The second kappa shape index (κ2) is 5.61. The summed E-state index contributed by atoms with van der Waals surface area (Å²) in [5.41, 5.74) is 6.04. The van der Waals surface area contributed by atoms with Crippen molar-refractivity contribution in [2.24, 2.45) is 5.73 Å². The Morgan fingerprint density at radius 3 is 2.67 bits per heavy atom. The smallest absolute Gasteiger partial charge is 0.319 e. The van der Waals surface area contributed by atoms with E-state index in [1.54, 1.807) is 30.3 Å². The predicted octanol–water partition coefficient (Wildman–Crippen LogP) is 4.14. The molecule has 0 aliphatic carbocycles. The van der Waals surface area contributed by atoms with Gasteiger partial charge in [-0.3, -0.25) is 4.90 Å². The van der Waals surface area contributed by atoms with E-state index in [1.807, 2.05) is 5.38 Å². The molecule has 0 atom stereocenters. The first-order chi connectivity index (χ1) is 8.58. The summed E-state index contributed by atoms with van der Waals surface area (Å²) in [5.74, 6) is 0. The number of carbonyl (C=O) groups excluding carboxylic acids is 1. The molecular formula is C12H10Cl2N2OS. The summed E-state index contributed by atoms with van der Waals surface area (Å²) in [4.78, 5) is 13.8. The van der Waals surface area contributed by atoms with E-state index < -0.39 is 6.03 Å². The zero-order valence-electron chi connectivity index (χ0n) is 9.27. The average molecular weight is 301 g/mol. The zero-order chi connectivity index (χ0) is 13.1. The summed E-state index contributed by atoms with van der Waals surface area (Å²) in [6, 6.07) is 8.22. The van der Waals surface area contributed by atoms with E-state index in [0.717, 1.165) is 4.88 Å². The fraction of sp³-hybridized carbons (Fsp3) is 0.0833. The molecule has 18 heavy (non-hydrogen) atoms. The maximum Gasteiger partial charge on any atom is 0.319 e. The first-order valence-electron chi connectivity index (χ1n) is 5.12. The number of thiophene rings is 1. The van der Waals surface area contributed by atoms with Crippen LogP contribution in [0.2, 0.25) is 10.0 Å². The monoisotopic (exact) mass is 300 g/mol. The van der Waals surface area contributed by atoms with Gasteiger partial charge in [0.15, 0.2) is 0 Å². The minimum absolute atomic E-state index is 0.339. The van der Waals surface area contributed by atoms with Crippen molar-refractivity contribution in [1.82, 2.24) is 0 Å². The molecule has 2 amide bonds. The molecule has 0 bridgehead atoms. The highest BCUT2D eigenvalue weighted by molar-refractivity contribution is 7.10. The molecule has 0 unspecified atom stereocenters. The van der Waals surface area contributed by atoms with Crippen LogP contribution in [0.1, 0.15) is 4.88 Å². The van der Waals surface area contributed by atoms with Crippen molar-refractivity contribution in [3.05, 3.63) is 50.6 Å². The molecule has 2 aromatic rings. The van der Waals surface area contributed by atoms with Crippen LogP contribution < -0.4 is 10.6 Å². The molecule has 0 saturated carbocycles. The van der Waals surface area contributed by atoms with Gasteiger partial charge in [-0.25, -0.2) is 4.79 Å². The van der Waals surface area contributed by atoms with Crippen molar-refractivity contribution in [3.8, 4) is 0 Å². The number of benzene rings is 1. The highest BCUT2D eigenvalue weighted by Gasteiger charge is 2.15. The summed E-state index contributed by atoms with van der Waals surface area (Å²) in [7, 11) is 0. The molecule has 2 rings (SSSR count). The number of amides is 2. The summed E-state index contributed by atoms with van der Waals surface area (Å²) in [5, 5.41) is 3.05. The van der Waals surface area contributed by atoms with Crippen LogP contribution in [0.4, 0.5) is 10.5 Å². The van der Waals surface area contributed by atoms with Crippen molar-refractivity contribution >= 4 is 46.3 Å². The second-order valence-electron chi connectivity index (χ2n) is 3.60. The summed E-state index contributed by atoms with van der Waals surface area (Å²) in [6.07, 6.45) is 0. The molecule has 3 nitrogen and oxygen atoms in total. The predicted molar refractivity (Wildman–Crippen MR) is 76.5 cm³/mol. The van der Waals surface area contributed by atoms with Gasteiger partial charge in [-0.05, 0) is 29.6 Å². The molecule has 2 N–H and O–H groups in total. The molecule has 6 heteroatoms. The molecule has 1 heterocycles. The minimum atomic E-state index is -0.540. The molecule has 1 aromatic heterocycles. The van der Waals surface area contributed by atoms with Crippen LogP contribution in [0.3, 0.4) is 0 Å². The number of rotatable bonds is 3. The molecule has 0 aliphatic heterocycles. The van der Waals surface area contributed by atoms with Crippen molar-refractivity contribution in [3.63, 3.8) is 0 Å². The minimum Gasteiger partial charge on any atom is -0.351 e. The summed E-state index contributed by atoms with van der Waals surface area (Å²) in [6.45, 7) is 0.339. The lowest BCUT2D eigenvalue weighted by Crippen LogP contribution is -2.35. The van der Waals surface area contributed by atoms with Crippen molar-refractivity contribution in [2.75, 3.05) is 4.90 Å². The first-order valence-corrected chi connectivity index (χ1v) is 6.76. The standard InChI is InChI=1S/C12H10Cl2N2OS/c13-8-2-1-3-9(6-8)16(12(15)17)7-11-10(14)4-5-18-11/h1-6H,7H2,(H2,15,17). The maximum atomic E-state index is 11.5. The van der Waals surface area contributed by atoms with Gasteiger partial charge >= 0.3 is 6.03 Å². The maximum absolute atomic E-state index is 11.5. The van der Waals surface area contributed by atoms with Gasteiger partial charge in [-0.1, -0.05) is 29.3 Å². The molecule has 1 aromatic carbocycles. The molecule has 0 saturated heterocycles. The Balaban J connectivity index is 2.30. The van der Waals surface area contributed by atoms with Gasteiger partial charge in [0.25, 0.3) is 0 Å². The third-order valence-electron chi connectivity index (χ3n) is 2.38. The third kappa shape index (κ3) is 2.96. The lowest BCUT2D eigenvalue weighted by Gasteiger charge is -2.20. The number of hydrogen-bond donors (Lipinski definition) is 1. The number of anilines is 1. The van der Waals surface area contributed by atoms with Gasteiger partial charge in [-0.2, -0.15) is 0 Å². The van der Waals surface area contributed by atoms with E-state index >= 15 is 0 Å². The van der Waals surface area contributed by atoms with Gasteiger partial charge in [0.05, 0.1) is 11.6 Å². The fourth-order valence-electron chi connectivity index (χ4n) is 1.52. The van der Waals surface area contributed by atoms with Crippen molar-refractivity contribution < 1.29 is 4.79 Å². The van der Waals surface area contributed by atoms with Gasteiger partial charge in [0, 0.05) is 15.6 Å². The molecule has 94 valence electrons. The van der Waals surface area contributed by atoms with E-state index in [-0.39, 0.29) is 0 Å². The second-order valence-corrected chi connectivity index (χ2v) is 5.44. The van der Waals surface area contributed by atoms with Crippen LogP contribution in [0, 0.1) is 0 Å². The molecule has 0 radical (unpaired) electrons. The normalized spacial score (nSPS) is 10.3. The number of primary amides is 1.